The van der Waals surface area contributed by atoms with E-state index >= 15 is 0 Å². The molecule has 0 spiro atoms. The molecule has 0 amide bonds. The molecule has 1 fully saturated rings. The number of nitrogens with two attached hydrogens (primary N) is 1. The summed E-state index contributed by atoms with van der Waals surface area (Å²) in [5.74, 6) is 1.59. The second-order valence-corrected chi connectivity index (χ2v) is 5.38. The number of aromatic nitrogens is 1. The van der Waals surface area contributed by atoms with Gasteiger partial charge >= 0.3 is 0 Å². The molecule has 1 aromatic heterocycles. The molecular formula is C15H24N2O. The average molecular weight is 248 g/mol. The van der Waals surface area contributed by atoms with E-state index < -0.39 is 0 Å². The fraction of sp³-hybridized carbons (Fsp3) is 0.667. The molecule has 3 nitrogen and oxygen atoms in total. The van der Waals surface area contributed by atoms with Crippen molar-refractivity contribution in [2.45, 2.75) is 51.5 Å². The maximum absolute atomic E-state index is 5.83. The monoisotopic (exact) mass is 248 g/mol. The van der Waals surface area contributed by atoms with E-state index in [0.29, 0.717) is 0 Å². The zero-order valence-electron chi connectivity index (χ0n) is 11.3. The molecule has 100 valence electrons. The van der Waals surface area contributed by atoms with Crippen LogP contribution in [-0.2, 0) is 0 Å². The van der Waals surface area contributed by atoms with E-state index in [1.165, 1.54) is 38.5 Å². The second kappa shape index (κ2) is 6.74. The van der Waals surface area contributed by atoms with Gasteiger partial charge in [0.15, 0.2) is 0 Å². The van der Waals surface area contributed by atoms with Crippen molar-refractivity contribution in [3.8, 4) is 5.75 Å². The van der Waals surface area contributed by atoms with Gasteiger partial charge in [0, 0.05) is 6.04 Å². The minimum Gasteiger partial charge on any atom is -0.492 e. The number of nitrogens with zero attached hydrogens (tertiary/aromatic N) is 1. The minimum atomic E-state index is -0.0130. The number of ether oxygens (including phenoxy) is 1. The summed E-state index contributed by atoms with van der Waals surface area (Å²) in [6, 6.07) is 3.91. The van der Waals surface area contributed by atoms with Crippen molar-refractivity contribution >= 4 is 0 Å². The van der Waals surface area contributed by atoms with Crippen LogP contribution in [0.3, 0.4) is 0 Å². The lowest BCUT2D eigenvalue weighted by Crippen LogP contribution is -2.12. The Kier molecular flexibility index (Phi) is 5.00. The number of hydrogen-bond acceptors (Lipinski definition) is 3. The van der Waals surface area contributed by atoms with Crippen LogP contribution in [0.1, 0.15) is 57.2 Å². The van der Waals surface area contributed by atoms with E-state index in [4.69, 9.17) is 10.5 Å². The summed E-state index contributed by atoms with van der Waals surface area (Å²) in [7, 11) is 0. The summed E-state index contributed by atoms with van der Waals surface area (Å²) < 4.78 is 5.83. The van der Waals surface area contributed by atoms with Crippen LogP contribution in [0.4, 0.5) is 0 Å². The highest BCUT2D eigenvalue weighted by atomic mass is 16.5. The highest BCUT2D eigenvalue weighted by Crippen LogP contribution is 2.24. The molecule has 2 rings (SSSR count). The molecule has 1 aliphatic carbocycles. The third kappa shape index (κ3) is 3.98. The fourth-order valence-corrected chi connectivity index (χ4v) is 2.49. The zero-order valence-corrected chi connectivity index (χ0v) is 11.3. The van der Waals surface area contributed by atoms with Gasteiger partial charge in [-0.05, 0) is 37.8 Å². The molecule has 0 radical (unpaired) electrons. The summed E-state index contributed by atoms with van der Waals surface area (Å²) in [6.07, 6.45) is 9.90. The van der Waals surface area contributed by atoms with Gasteiger partial charge < -0.3 is 10.5 Å². The van der Waals surface area contributed by atoms with E-state index in [-0.39, 0.29) is 6.04 Å². The average Bonchev–Trinajstić information content (AvgIpc) is 2.65. The molecule has 1 aromatic rings. The van der Waals surface area contributed by atoms with Crippen LogP contribution in [0.5, 0.6) is 5.75 Å². The van der Waals surface area contributed by atoms with Gasteiger partial charge in [-0.2, -0.15) is 0 Å². The van der Waals surface area contributed by atoms with E-state index in [1.54, 1.807) is 6.20 Å². The van der Waals surface area contributed by atoms with Crippen LogP contribution < -0.4 is 10.5 Å². The Morgan fingerprint density at radius 1 is 1.28 bits per heavy atom. The van der Waals surface area contributed by atoms with Crippen LogP contribution in [-0.4, -0.2) is 11.6 Å². The largest absolute Gasteiger partial charge is 0.492 e. The second-order valence-electron chi connectivity index (χ2n) is 5.38. The Labute approximate surface area is 110 Å². The topological polar surface area (TPSA) is 48.1 Å². The lowest BCUT2D eigenvalue weighted by molar-refractivity contribution is 0.233. The number of pyridine rings is 1. The lowest BCUT2D eigenvalue weighted by atomic mass is 10.0. The molecular weight excluding hydrogens is 224 g/mol. The van der Waals surface area contributed by atoms with Crippen molar-refractivity contribution in [3.63, 3.8) is 0 Å². The smallest absolute Gasteiger partial charge is 0.137 e. The van der Waals surface area contributed by atoms with Crippen molar-refractivity contribution < 1.29 is 4.74 Å². The van der Waals surface area contributed by atoms with E-state index in [9.17, 15) is 0 Å². The van der Waals surface area contributed by atoms with Gasteiger partial charge in [-0.15, -0.1) is 0 Å². The summed E-state index contributed by atoms with van der Waals surface area (Å²) in [5.41, 5.74) is 6.68. The molecule has 2 N–H and O–H groups in total. The maximum Gasteiger partial charge on any atom is 0.137 e. The van der Waals surface area contributed by atoms with Gasteiger partial charge in [-0.3, -0.25) is 4.98 Å². The molecule has 1 saturated carbocycles. The lowest BCUT2D eigenvalue weighted by Gasteiger charge is -2.15. The molecule has 0 saturated heterocycles. The minimum absolute atomic E-state index is 0.0130. The molecule has 0 bridgehead atoms. The Hall–Kier alpha value is -1.09. The highest BCUT2D eigenvalue weighted by molar-refractivity contribution is 5.21. The summed E-state index contributed by atoms with van der Waals surface area (Å²) in [5, 5.41) is 0. The SMILES string of the molecule is CC(N)c1ccc(OCC2CCCCCC2)cn1. The predicted octanol–water partition coefficient (Wildman–Crippen LogP) is 3.45. The van der Waals surface area contributed by atoms with Crippen LogP contribution in [0, 0.1) is 5.92 Å². The van der Waals surface area contributed by atoms with Gasteiger partial charge in [0.25, 0.3) is 0 Å². The molecule has 0 aromatic carbocycles. The first-order chi connectivity index (χ1) is 8.75. The van der Waals surface area contributed by atoms with Crippen molar-refractivity contribution in [1.29, 1.82) is 0 Å². The van der Waals surface area contributed by atoms with Crippen LogP contribution in [0.25, 0.3) is 0 Å². The van der Waals surface area contributed by atoms with Gasteiger partial charge in [-0.25, -0.2) is 0 Å². The first kappa shape index (κ1) is 13.3. The van der Waals surface area contributed by atoms with E-state index in [0.717, 1.165) is 24.0 Å². The Balaban J connectivity index is 1.81. The summed E-state index contributed by atoms with van der Waals surface area (Å²) in [4.78, 5) is 4.31. The van der Waals surface area contributed by atoms with E-state index in [1.807, 2.05) is 19.1 Å². The van der Waals surface area contributed by atoms with Crippen molar-refractivity contribution in [1.82, 2.24) is 4.98 Å². The molecule has 3 heteroatoms. The van der Waals surface area contributed by atoms with Crippen LogP contribution in [0.2, 0.25) is 0 Å². The van der Waals surface area contributed by atoms with Crippen molar-refractivity contribution in [2.75, 3.05) is 6.61 Å². The third-order valence-corrected chi connectivity index (χ3v) is 3.69. The summed E-state index contributed by atoms with van der Waals surface area (Å²) in [6.45, 7) is 2.77. The molecule has 1 unspecified atom stereocenters. The van der Waals surface area contributed by atoms with Crippen molar-refractivity contribution in [3.05, 3.63) is 24.0 Å². The standard InChI is InChI=1S/C15H24N2O/c1-12(16)15-9-8-14(10-17-15)18-11-13-6-4-2-3-5-7-13/h8-10,12-13H,2-7,11,16H2,1H3. The van der Waals surface area contributed by atoms with Crippen LogP contribution >= 0.6 is 0 Å². The molecule has 1 aliphatic rings. The Bertz CT molecular complexity index is 340. The number of hydrogen-bond donors (Lipinski definition) is 1. The molecule has 1 atom stereocenters. The molecule has 0 aliphatic heterocycles. The normalized spacial score (nSPS) is 19.2. The van der Waals surface area contributed by atoms with Crippen LogP contribution in [0.15, 0.2) is 18.3 Å². The fourth-order valence-electron chi connectivity index (χ4n) is 2.49. The van der Waals surface area contributed by atoms with Gasteiger partial charge in [0.2, 0.25) is 0 Å². The first-order valence-electron chi connectivity index (χ1n) is 7.10. The quantitative estimate of drug-likeness (QED) is 0.830. The van der Waals surface area contributed by atoms with Gasteiger partial charge in [-0.1, -0.05) is 25.7 Å². The predicted molar refractivity (Wildman–Crippen MR) is 73.5 cm³/mol. The third-order valence-electron chi connectivity index (χ3n) is 3.69. The highest BCUT2D eigenvalue weighted by Gasteiger charge is 2.13. The zero-order chi connectivity index (χ0) is 12.8. The number of rotatable bonds is 4. The first-order valence-corrected chi connectivity index (χ1v) is 7.10. The Morgan fingerprint density at radius 3 is 2.56 bits per heavy atom. The van der Waals surface area contributed by atoms with Gasteiger partial charge in [0.1, 0.15) is 5.75 Å². The molecule has 18 heavy (non-hydrogen) atoms. The summed E-state index contributed by atoms with van der Waals surface area (Å²) >= 11 is 0. The molecule has 1 heterocycles. The maximum atomic E-state index is 5.83. The Morgan fingerprint density at radius 2 is 2.00 bits per heavy atom. The van der Waals surface area contributed by atoms with Crippen molar-refractivity contribution in [2.24, 2.45) is 11.7 Å². The van der Waals surface area contributed by atoms with E-state index in [2.05, 4.69) is 4.98 Å². The van der Waals surface area contributed by atoms with Gasteiger partial charge in [0.05, 0.1) is 18.5 Å².